The van der Waals surface area contributed by atoms with Crippen LogP contribution in [0.5, 0.6) is 0 Å². The molecule has 1 aliphatic rings. The molecule has 1 saturated carbocycles. The van der Waals surface area contributed by atoms with Crippen LogP contribution in [0.15, 0.2) is 18.2 Å². The monoisotopic (exact) mass is 259 g/mol. The van der Waals surface area contributed by atoms with Crippen molar-refractivity contribution in [3.8, 4) is 0 Å². The molecule has 1 fully saturated rings. The third kappa shape index (κ3) is 1.82. The minimum Gasteiger partial charge on any atom is -0.399 e. The van der Waals surface area contributed by atoms with Gasteiger partial charge in [-0.05, 0) is 43.9 Å². The second-order valence-electron chi connectivity index (χ2n) is 5.60. The van der Waals surface area contributed by atoms with E-state index in [1.807, 2.05) is 18.2 Å². The van der Waals surface area contributed by atoms with Crippen LogP contribution in [-0.2, 0) is 12.0 Å². The Morgan fingerprint density at radius 3 is 2.79 bits per heavy atom. The number of nitrogen functional groups attached to an aromatic ring is 1. The van der Waals surface area contributed by atoms with E-state index in [1.165, 1.54) is 6.42 Å². The lowest BCUT2D eigenvalue weighted by molar-refractivity contribution is 0.0563. The summed E-state index contributed by atoms with van der Waals surface area (Å²) in [6.07, 6.45) is 5.25. The van der Waals surface area contributed by atoms with E-state index in [1.54, 1.807) is 0 Å². The number of fused-ring (bicyclic) bond motifs is 1. The van der Waals surface area contributed by atoms with Crippen molar-refractivity contribution in [1.82, 2.24) is 9.55 Å². The van der Waals surface area contributed by atoms with Gasteiger partial charge in [0.2, 0.25) is 0 Å². The SMILES string of the molecule is CCCc1nc2cc(N)ccc2n1C1(CO)CCC1. The summed E-state index contributed by atoms with van der Waals surface area (Å²) >= 11 is 0. The highest BCUT2D eigenvalue weighted by Gasteiger charge is 2.40. The molecule has 0 radical (unpaired) electrons. The number of imidazole rings is 1. The van der Waals surface area contributed by atoms with Crippen molar-refractivity contribution in [2.24, 2.45) is 0 Å². The number of nitrogens with two attached hydrogens (primary N) is 1. The maximum Gasteiger partial charge on any atom is 0.110 e. The molecule has 19 heavy (non-hydrogen) atoms. The minimum absolute atomic E-state index is 0.130. The van der Waals surface area contributed by atoms with Gasteiger partial charge in [-0.1, -0.05) is 6.92 Å². The van der Waals surface area contributed by atoms with Crippen LogP contribution in [0.3, 0.4) is 0 Å². The third-order valence-corrected chi connectivity index (χ3v) is 4.27. The lowest BCUT2D eigenvalue weighted by atomic mass is 9.76. The van der Waals surface area contributed by atoms with Gasteiger partial charge in [0.1, 0.15) is 5.82 Å². The Hall–Kier alpha value is -1.55. The second kappa shape index (κ2) is 4.53. The molecule has 0 bridgehead atoms. The highest BCUT2D eigenvalue weighted by atomic mass is 16.3. The van der Waals surface area contributed by atoms with Crippen LogP contribution in [0, 0.1) is 0 Å². The summed E-state index contributed by atoms with van der Waals surface area (Å²) in [5.41, 5.74) is 8.51. The predicted octanol–water partition coefficient (Wildman–Crippen LogP) is 2.44. The summed E-state index contributed by atoms with van der Waals surface area (Å²) in [5.74, 6) is 1.08. The molecule has 4 nitrogen and oxygen atoms in total. The smallest absolute Gasteiger partial charge is 0.110 e. The van der Waals surface area contributed by atoms with Gasteiger partial charge in [-0.3, -0.25) is 0 Å². The zero-order chi connectivity index (χ0) is 13.5. The lowest BCUT2D eigenvalue weighted by Gasteiger charge is -2.43. The number of rotatable bonds is 4. The van der Waals surface area contributed by atoms with Crippen LogP contribution in [0.4, 0.5) is 5.69 Å². The average molecular weight is 259 g/mol. The predicted molar refractivity (Wildman–Crippen MR) is 77.1 cm³/mol. The summed E-state index contributed by atoms with van der Waals surface area (Å²) in [6, 6.07) is 5.88. The molecule has 102 valence electrons. The van der Waals surface area contributed by atoms with E-state index in [0.29, 0.717) is 0 Å². The molecule has 4 heteroatoms. The van der Waals surface area contributed by atoms with Gasteiger partial charge in [0, 0.05) is 12.1 Å². The van der Waals surface area contributed by atoms with E-state index < -0.39 is 0 Å². The van der Waals surface area contributed by atoms with E-state index in [-0.39, 0.29) is 12.1 Å². The number of anilines is 1. The quantitative estimate of drug-likeness (QED) is 0.829. The fourth-order valence-corrected chi connectivity index (χ4v) is 3.11. The van der Waals surface area contributed by atoms with Gasteiger partial charge in [0.05, 0.1) is 23.2 Å². The molecule has 2 aromatic rings. The molecular formula is C15H21N3O. The first kappa shape index (κ1) is 12.5. The molecule has 0 atom stereocenters. The van der Waals surface area contributed by atoms with Crippen molar-refractivity contribution in [2.45, 2.75) is 44.6 Å². The molecule has 1 heterocycles. The second-order valence-corrected chi connectivity index (χ2v) is 5.60. The number of aromatic nitrogens is 2. The Morgan fingerprint density at radius 2 is 2.21 bits per heavy atom. The summed E-state index contributed by atoms with van der Waals surface area (Å²) in [4.78, 5) is 4.73. The fourth-order valence-electron chi connectivity index (χ4n) is 3.11. The Kier molecular flexibility index (Phi) is 2.97. The van der Waals surface area contributed by atoms with E-state index in [0.717, 1.165) is 48.2 Å². The van der Waals surface area contributed by atoms with E-state index in [4.69, 9.17) is 10.7 Å². The normalized spacial score (nSPS) is 17.6. The molecule has 1 aliphatic carbocycles. The number of nitrogens with zero attached hydrogens (tertiary/aromatic N) is 2. The molecule has 0 spiro atoms. The first-order valence-corrected chi connectivity index (χ1v) is 7.08. The van der Waals surface area contributed by atoms with E-state index in [2.05, 4.69) is 11.5 Å². The number of benzene rings is 1. The standard InChI is InChI=1S/C15H21N3O/c1-2-4-14-17-12-9-11(16)5-6-13(12)18(14)15(10-19)7-3-8-15/h5-6,9,19H,2-4,7-8,10,16H2,1H3. The molecule has 0 saturated heterocycles. The molecule has 0 aliphatic heterocycles. The first-order chi connectivity index (χ1) is 9.20. The Bertz CT molecular complexity index is 593. The highest BCUT2D eigenvalue weighted by Crippen LogP contribution is 2.42. The van der Waals surface area contributed by atoms with Crippen molar-refractivity contribution in [2.75, 3.05) is 12.3 Å². The maximum absolute atomic E-state index is 9.84. The summed E-state index contributed by atoms with van der Waals surface area (Å²) in [5, 5.41) is 9.84. The maximum atomic E-state index is 9.84. The zero-order valence-corrected chi connectivity index (χ0v) is 11.4. The van der Waals surface area contributed by atoms with Crippen molar-refractivity contribution >= 4 is 16.7 Å². The van der Waals surface area contributed by atoms with Crippen LogP contribution >= 0.6 is 0 Å². The Balaban J connectivity index is 2.21. The number of hydrogen-bond donors (Lipinski definition) is 2. The molecule has 3 rings (SSSR count). The molecule has 1 aromatic heterocycles. The minimum atomic E-state index is -0.130. The third-order valence-electron chi connectivity index (χ3n) is 4.27. The van der Waals surface area contributed by atoms with Crippen LogP contribution in [0.25, 0.3) is 11.0 Å². The summed E-state index contributed by atoms with van der Waals surface area (Å²) in [7, 11) is 0. The van der Waals surface area contributed by atoms with Crippen LogP contribution < -0.4 is 5.73 Å². The van der Waals surface area contributed by atoms with Gasteiger partial charge in [-0.25, -0.2) is 4.98 Å². The zero-order valence-electron chi connectivity index (χ0n) is 11.4. The largest absolute Gasteiger partial charge is 0.399 e. The number of aliphatic hydroxyl groups is 1. The van der Waals surface area contributed by atoms with Gasteiger partial charge < -0.3 is 15.4 Å². The average Bonchev–Trinajstić information content (AvgIpc) is 2.68. The summed E-state index contributed by atoms with van der Waals surface area (Å²) in [6.45, 7) is 2.35. The summed E-state index contributed by atoms with van der Waals surface area (Å²) < 4.78 is 2.27. The number of hydrogen-bond acceptors (Lipinski definition) is 3. The Morgan fingerprint density at radius 1 is 1.42 bits per heavy atom. The number of aryl methyl sites for hydroxylation is 1. The van der Waals surface area contributed by atoms with Gasteiger partial charge in [-0.2, -0.15) is 0 Å². The molecule has 3 N–H and O–H groups in total. The molecule has 0 amide bonds. The molecular weight excluding hydrogens is 238 g/mol. The van der Waals surface area contributed by atoms with Crippen LogP contribution in [0.1, 0.15) is 38.4 Å². The van der Waals surface area contributed by atoms with Crippen LogP contribution in [-0.4, -0.2) is 21.3 Å². The van der Waals surface area contributed by atoms with Gasteiger partial charge >= 0.3 is 0 Å². The highest BCUT2D eigenvalue weighted by molar-refractivity contribution is 5.80. The van der Waals surface area contributed by atoms with Crippen molar-refractivity contribution in [3.63, 3.8) is 0 Å². The Labute approximate surface area is 113 Å². The van der Waals surface area contributed by atoms with Gasteiger partial charge in [0.15, 0.2) is 0 Å². The topological polar surface area (TPSA) is 64.1 Å². The fraction of sp³-hybridized carbons (Fsp3) is 0.533. The van der Waals surface area contributed by atoms with Crippen molar-refractivity contribution < 1.29 is 5.11 Å². The van der Waals surface area contributed by atoms with Gasteiger partial charge in [-0.15, -0.1) is 0 Å². The molecule has 1 aromatic carbocycles. The lowest BCUT2D eigenvalue weighted by Crippen LogP contribution is -2.44. The molecule has 0 unspecified atom stereocenters. The van der Waals surface area contributed by atoms with Crippen molar-refractivity contribution in [3.05, 3.63) is 24.0 Å². The van der Waals surface area contributed by atoms with Crippen LogP contribution in [0.2, 0.25) is 0 Å². The number of aliphatic hydroxyl groups excluding tert-OH is 1. The van der Waals surface area contributed by atoms with Crippen molar-refractivity contribution in [1.29, 1.82) is 0 Å². The first-order valence-electron chi connectivity index (χ1n) is 7.08. The van der Waals surface area contributed by atoms with E-state index in [9.17, 15) is 5.11 Å². The van der Waals surface area contributed by atoms with Gasteiger partial charge in [0.25, 0.3) is 0 Å². The van der Waals surface area contributed by atoms with E-state index >= 15 is 0 Å².